The van der Waals surface area contributed by atoms with Crippen LogP contribution in [0.15, 0.2) is 16.6 Å². The Morgan fingerprint density at radius 3 is 2.64 bits per heavy atom. The lowest BCUT2D eigenvalue weighted by Gasteiger charge is -2.06. The molecular weight excluding hydrogens is 206 g/mol. The van der Waals surface area contributed by atoms with Crippen molar-refractivity contribution in [2.24, 2.45) is 0 Å². The fraction of sp³-hybridized carbons (Fsp3) is 0.250. The van der Waals surface area contributed by atoms with Gasteiger partial charge in [0, 0.05) is 11.8 Å². The van der Waals surface area contributed by atoms with Gasteiger partial charge in [0.15, 0.2) is 0 Å². The Morgan fingerprint density at radius 1 is 1.45 bits per heavy atom. The van der Waals surface area contributed by atoms with Gasteiger partial charge in [0.05, 0.1) is 11.6 Å². The van der Waals surface area contributed by atoms with Gasteiger partial charge in [-0.3, -0.25) is 0 Å². The van der Waals surface area contributed by atoms with Crippen LogP contribution in [-0.4, -0.2) is 7.11 Å². The summed E-state index contributed by atoms with van der Waals surface area (Å²) in [6.07, 6.45) is 0. The molecule has 2 nitrogen and oxygen atoms in total. The number of rotatable bonds is 1. The van der Waals surface area contributed by atoms with E-state index in [9.17, 15) is 0 Å². The van der Waals surface area contributed by atoms with E-state index in [-0.39, 0.29) is 0 Å². The van der Waals surface area contributed by atoms with E-state index in [2.05, 4.69) is 15.9 Å². The molecule has 1 rings (SSSR count). The van der Waals surface area contributed by atoms with Crippen LogP contribution < -0.4 is 10.5 Å². The molecule has 0 radical (unpaired) electrons. The van der Waals surface area contributed by atoms with Gasteiger partial charge in [-0.05, 0) is 34.5 Å². The Bertz CT molecular complexity index is 273. The smallest absolute Gasteiger partial charge is 0.135 e. The van der Waals surface area contributed by atoms with E-state index in [4.69, 9.17) is 10.5 Å². The van der Waals surface area contributed by atoms with Crippen molar-refractivity contribution >= 4 is 21.6 Å². The number of nitrogens with two attached hydrogens (primary N) is 1. The normalized spacial score (nSPS) is 9.73. The highest BCUT2D eigenvalue weighted by molar-refractivity contribution is 9.10. The van der Waals surface area contributed by atoms with Gasteiger partial charge in [0.1, 0.15) is 5.75 Å². The second kappa shape index (κ2) is 3.13. The van der Waals surface area contributed by atoms with Crippen molar-refractivity contribution in [1.29, 1.82) is 0 Å². The van der Waals surface area contributed by atoms with E-state index in [0.29, 0.717) is 0 Å². The Balaban J connectivity index is 3.24. The summed E-state index contributed by atoms with van der Waals surface area (Å²) in [4.78, 5) is 0. The first kappa shape index (κ1) is 8.40. The average molecular weight is 216 g/mol. The standard InChI is InChI=1S/C8H10BrNO/c1-5-3-6(10)4-7(11-2)8(5)9/h3-4H,10H2,1-2H3. The molecule has 0 atom stereocenters. The van der Waals surface area contributed by atoms with Crippen molar-refractivity contribution in [2.45, 2.75) is 6.92 Å². The molecule has 2 N–H and O–H groups in total. The number of aryl methyl sites for hydroxylation is 1. The molecule has 0 saturated carbocycles. The molecule has 0 bridgehead atoms. The molecule has 0 unspecified atom stereocenters. The van der Waals surface area contributed by atoms with E-state index in [0.717, 1.165) is 21.5 Å². The predicted octanol–water partition coefficient (Wildman–Crippen LogP) is 2.35. The van der Waals surface area contributed by atoms with Crippen LogP contribution in [0.3, 0.4) is 0 Å². The summed E-state index contributed by atoms with van der Waals surface area (Å²) in [5.74, 6) is 0.780. The van der Waals surface area contributed by atoms with Crippen LogP contribution in [0.4, 0.5) is 5.69 Å². The monoisotopic (exact) mass is 215 g/mol. The first-order chi connectivity index (χ1) is 5.15. The van der Waals surface area contributed by atoms with Crippen LogP contribution >= 0.6 is 15.9 Å². The zero-order valence-electron chi connectivity index (χ0n) is 6.52. The van der Waals surface area contributed by atoms with Crippen molar-refractivity contribution < 1.29 is 4.74 Å². The molecule has 60 valence electrons. The lowest BCUT2D eigenvalue weighted by atomic mass is 10.2. The van der Waals surface area contributed by atoms with Crippen molar-refractivity contribution in [2.75, 3.05) is 12.8 Å². The zero-order chi connectivity index (χ0) is 8.43. The molecule has 0 aromatic heterocycles. The maximum Gasteiger partial charge on any atom is 0.135 e. The summed E-state index contributed by atoms with van der Waals surface area (Å²) >= 11 is 3.39. The van der Waals surface area contributed by atoms with Crippen molar-refractivity contribution in [1.82, 2.24) is 0 Å². The summed E-state index contributed by atoms with van der Waals surface area (Å²) in [5.41, 5.74) is 7.41. The van der Waals surface area contributed by atoms with Crippen molar-refractivity contribution in [3.05, 3.63) is 22.2 Å². The van der Waals surface area contributed by atoms with E-state index in [1.807, 2.05) is 13.0 Å². The van der Waals surface area contributed by atoms with Crippen molar-refractivity contribution in [3.63, 3.8) is 0 Å². The third-order valence-electron chi connectivity index (χ3n) is 1.46. The van der Waals surface area contributed by atoms with E-state index in [1.54, 1.807) is 13.2 Å². The lowest BCUT2D eigenvalue weighted by molar-refractivity contribution is 0.412. The molecule has 1 aromatic carbocycles. The molecule has 0 fully saturated rings. The number of ether oxygens (including phenoxy) is 1. The number of halogens is 1. The molecule has 0 aliphatic heterocycles. The summed E-state index contributed by atoms with van der Waals surface area (Å²) in [7, 11) is 1.62. The molecule has 0 amide bonds. The molecule has 11 heavy (non-hydrogen) atoms. The Hall–Kier alpha value is -0.700. The quantitative estimate of drug-likeness (QED) is 0.731. The van der Waals surface area contributed by atoms with Gasteiger partial charge in [-0.15, -0.1) is 0 Å². The minimum atomic E-state index is 0.725. The number of methoxy groups -OCH3 is 1. The maximum absolute atomic E-state index is 5.60. The number of nitrogen functional groups attached to an aromatic ring is 1. The Labute approximate surface area is 74.5 Å². The van der Waals surface area contributed by atoms with Crippen LogP contribution in [-0.2, 0) is 0 Å². The van der Waals surface area contributed by atoms with Crippen molar-refractivity contribution in [3.8, 4) is 5.75 Å². The van der Waals surface area contributed by atoms with Gasteiger partial charge < -0.3 is 10.5 Å². The zero-order valence-corrected chi connectivity index (χ0v) is 8.10. The molecular formula is C8H10BrNO. The summed E-state index contributed by atoms with van der Waals surface area (Å²) in [5, 5.41) is 0. The fourth-order valence-corrected chi connectivity index (χ4v) is 1.30. The maximum atomic E-state index is 5.60. The average Bonchev–Trinajstić information content (AvgIpc) is 1.96. The number of hydrogen-bond donors (Lipinski definition) is 1. The first-order valence-corrected chi connectivity index (χ1v) is 4.04. The first-order valence-electron chi connectivity index (χ1n) is 3.24. The Morgan fingerprint density at radius 2 is 2.09 bits per heavy atom. The summed E-state index contributed by atoms with van der Waals surface area (Å²) < 4.78 is 6.05. The minimum absolute atomic E-state index is 0.725. The number of anilines is 1. The molecule has 0 aliphatic rings. The van der Waals surface area contributed by atoms with E-state index >= 15 is 0 Å². The third-order valence-corrected chi connectivity index (χ3v) is 2.48. The highest BCUT2D eigenvalue weighted by Gasteiger charge is 2.03. The molecule has 3 heteroatoms. The van der Waals surface area contributed by atoms with Gasteiger partial charge in [-0.25, -0.2) is 0 Å². The second-order valence-electron chi connectivity index (χ2n) is 2.35. The van der Waals surface area contributed by atoms with Gasteiger partial charge in [0.2, 0.25) is 0 Å². The van der Waals surface area contributed by atoms with Gasteiger partial charge in [-0.1, -0.05) is 0 Å². The minimum Gasteiger partial charge on any atom is -0.495 e. The largest absolute Gasteiger partial charge is 0.495 e. The summed E-state index contributed by atoms with van der Waals surface area (Å²) in [6.45, 7) is 1.98. The molecule has 0 saturated heterocycles. The van der Waals surface area contributed by atoms with Crippen LogP contribution in [0.25, 0.3) is 0 Å². The lowest BCUT2D eigenvalue weighted by Crippen LogP contribution is -1.91. The topological polar surface area (TPSA) is 35.2 Å². The molecule has 0 spiro atoms. The highest BCUT2D eigenvalue weighted by atomic mass is 79.9. The predicted molar refractivity (Wildman–Crippen MR) is 49.8 cm³/mol. The van der Waals surface area contributed by atoms with Crippen LogP contribution in [0.5, 0.6) is 5.75 Å². The van der Waals surface area contributed by atoms with Gasteiger partial charge in [0.25, 0.3) is 0 Å². The van der Waals surface area contributed by atoms with Crippen LogP contribution in [0, 0.1) is 6.92 Å². The van der Waals surface area contributed by atoms with Crippen LogP contribution in [0.1, 0.15) is 5.56 Å². The Kier molecular flexibility index (Phi) is 2.39. The second-order valence-corrected chi connectivity index (χ2v) is 3.15. The SMILES string of the molecule is COc1cc(N)cc(C)c1Br. The molecule has 1 aromatic rings. The van der Waals surface area contributed by atoms with Crippen LogP contribution in [0.2, 0.25) is 0 Å². The van der Waals surface area contributed by atoms with E-state index < -0.39 is 0 Å². The number of hydrogen-bond acceptors (Lipinski definition) is 2. The molecule has 0 aliphatic carbocycles. The summed E-state index contributed by atoms with van der Waals surface area (Å²) in [6, 6.07) is 3.68. The fourth-order valence-electron chi connectivity index (χ4n) is 0.913. The third kappa shape index (κ3) is 1.66. The molecule has 0 heterocycles. The van der Waals surface area contributed by atoms with Gasteiger partial charge >= 0.3 is 0 Å². The number of benzene rings is 1. The van der Waals surface area contributed by atoms with Gasteiger partial charge in [-0.2, -0.15) is 0 Å². The van der Waals surface area contributed by atoms with E-state index in [1.165, 1.54) is 0 Å². The highest BCUT2D eigenvalue weighted by Crippen LogP contribution is 2.30.